The van der Waals surface area contributed by atoms with E-state index in [1.165, 1.54) is 25.9 Å². The van der Waals surface area contributed by atoms with Gasteiger partial charge in [-0.05, 0) is 51.0 Å². The van der Waals surface area contributed by atoms with Crippen molar-refractivity contribution < 1.29 is 9.15 Å². The van der Waals surface area contributed by atoms with Crippen LogP contribution in [0.5, 0.6) is 5.75 Å². The third-order valence-corrected chi connectivity index (χ3v) is 4.23. The highest BCUT2D eigenvalue weighted by Gasteiger charge is 2.16. The number of likely N-dealkylation sites (tertiary alicyclic amines) is 1. The molecule has 1 aromatic heterocycles. The normalized spacial score (nSPS) is 20.0. The average Bonchev–Trinajstić information content (AvgIpc) is 2.90. The van der Waals surface area contributed by atoms with Gasteiger partial charge in [0, 0.05) is 11.9 Å². The number of para-hydroxylation sites is 1. The van der Waals surface area contributed by atoms with Gasteiger partial charge in [0.2, 0.25) is 0 Å². The van der Waals surface area contributed by atoms with E-state index in [4.69, 9.17) is 9.15 Å². The topological polar surface area (TPSA) is 37.6 Å². The van der Waals surface area contributed by atoms with Gasteiger partial charge in [0.1, 0.15) is 5.76 Å². The zero-order valence-electron chi connectivity index (χ0n) is 12.9. The molecule has 3 rings (SSSR count). The summed E-state index contributed by atoms with van der Waals surface area (Å²) in [6.07, 6.45) is 2.63. The summed E-state index contributed by atoms with van der Waals surface area (Å²) >= 11 is 0. The van der Waals surface area contributed by atoms with Gasteiger partial charge in [-0.1, -0.05) is 12.1 Å². The minimum Gasteiger partial charge on any atom is -0.493 e. The quantitative estimate of drug-likeness (QED) is 0.918. The zero-order chi connectivity index (χ0) is 14.7. The molecule has 0 amide bonds. The number of rotatable bonds is 5. The SMILES string of the molecule is COc1cccc2cc(CNCC3CCCN(C)C3)oc12. The highest BCUT2D eigenvalue weighted by molar-refractivity contribution is 5.83. The molecule has 0 bridgehead atoms. The first-order valence-corrected chi connectivity index (χ1v) is 7.71. The van der Waals surface area contributed by atoms with Crippen molar-refractivity contribution in [3.63, 3.8) is 0 Å². The lowest BCUT2D eigenvalue weighted by Crippen LogP contribution is -2.37. The molecule has 1 saturated heterocycles. The van der Waals surface area contributed by atoms with Crippen LogP contribution in [-0.2, 0) is 6.54 Å². The Balaban J connectivity index is 1.58. The number of fused-ring (bicyclic) bond motifs is 1. The molecule has 0 spiro atoms. The van der Waals surface area contributed by atoms with E-state index in [2.05, 4.69) is 29.4 Å². The van der Waals surface area contributed by atoms with E-state index in [0.717, 1.165) is 41.5 Å². The maximum absolute atomic E-state index is 5.90. The summed E-state index contributed by atoms with van der Waals surface area (Å²) in [5.74, 6) is 2.52. The molecule has 1 fully saturated rings. The molecule has 4 nitrogen and oxygen atoms in total. The minimum atomic E-state index is 0.752. The molecule has 114 valence electrons. The first-order valence-electron chi connectivity index (χ1n) is 7.71. The maximum atomic E-state index is 5.90. The number of nitrogens with zero attached hydrogens (tertiary/aromatic N) is 1. The molecule has 0 aliphatic carbocycles. The molecule has 2 heterocycles. The van der Waals surface area contributed by atoms with Crippen LogP contribution < -0.4 is 10.1 Å². The highest BCUT2D eigenvalue weighted by Crippen LogP contribution is 2.28. The van der Waals surface area contributed by atoms with E-state index in [1.807, 2.05) is 12.1 Å². The van der Waals surface area contributed by atoms with Crippen molar-refractivity contribution in [1.82, 2.24) is 10.2 Å². The lowest BCUT2D eigenvalue weighted by atomic mass is 9.98. The van der Waals surface area contributed by atoms with Crippen molar-refractivity contribution in [2.45, 2.75) is 19.4 Å². The van der Waals surface area contributed by atoms with Gasteiger partial charge in [0.05, 0.1) is 13.7 Å². The van der Waals surface area contributed by atoms with Gasteiger partial charge in [-0.2, -0.15) is 0 Å². The number of hydrogen-bond donors (Lipinski definition) is 1. The van der Waals surface area contributed by atoms with Crippen molar-refractivity contribution in [1.29, 1.82) is 0 Å². The van der Waals surface area contributed by atoms with Crippen molar-refractivity contribution in [3.8, 4) is 5.75 Å². The van der Waals surface area contributed by atoms with Gasteiger partial charge in [0.25, 0.3) is 0 Å². The molecule has 1 aromatic carbocycles. The molecule has 0 saturated carbocycles. The summed E-state index contributed by atoms with van der Waals surface area (Å²) in [5, 5.41) is 4.63. The number of furan rings is 1. The smallest absolute Gasteiger partial charge is 0.176 e. The number of hydrogen-bond acceptors (Lipinski definition) is 4. The Labute approximate surface area is 126 Å². The average molecular weight is 288 g/mol. The van der Waals surface area contributed by atoms with Crippen LogP contribution in [0.4, 0.5) is 0 Å². The summed E-state index contributed by atoms with van der Waals surface area (Å²) in [7, 11) is 3.88. The lowest BCUT2D eigenvalue weighted by Gasteiger charge is -2.29. The van der Waals surface area contributed by atoms with Crippen LogP contribution in [0, 0.1) is 5.92 Å². The molecule has 21 heavy (non-hydrogen) atoms. The zero-order valence-corrected chi connectivity index (χ0v) is 12.9. The number of nitrogens with one attached hydrogen (secondary N) is 1. The van der Waals surface area contributed by atoms with Crippen LogP contribution in [0.2, 0.25) is 0 Å². The summed E-state index contributed by atoms with van der Waals surface area (Å²) in [6, 6.07) is 8.07. The minimum absolute atomic E-state index is 0.752. The third-order valence-electron chi connectivity index (χ3n) is 4.23. The van der Waals surface area contributed by atoms with Crippen molar-refractivity contribution >= 4 is 11.0 Å². The van der Waals surface area contributed by atoms with Gasteiger partial charge < -0.3 is 19.4 Å². The molecule has 0 radical (unpaired) electrons. The Bertz CT molecular complexity index is 593. The van der Waals surface area contributed by atoms with E-state index in [-0.39, 0.29) is 0 Å². The molecular formula is C17H24N2O2. The van der Waals surface area contributed by atoms with Gasteiger partial charge in [0.15, 0.2) is 11.3 Å². The van der Waals surface area contributed by atoms with E-state index in [0.29, 0.717) is 0 Å². The largest absolute Gasteiger partial charge is 0.493 e. The number of benzene rings is 1. The van der Waals surface area contributed by atoms with Crippen LogP contribution in [0.1, 0.15) is 18.6 Å². The summed E-state index contributed by atoms with van der Waals surface area (Å²) in [5.41, 5.74) is 0.842. The van der Waals surface area contributed by atoms with Gasteiger partial charge in [-0.15, -0.1) is 0 Å². The van der Waals surface area contributed by atoms with E-state index < -0.39 is 0 Å². The predicted molar refractivity (Wildman–Crippen MR) is 84.7 cm³/mol. The third kappa shape index (κ3) is 3.39. The first kappa shape index (κ1) is 14.4. The van der Waals surface area contributed by atoms with E-state index >= 15 is 0 Å². The fraction of sp³-hybridized carbons (Fsp3) is 0.529. The molecule has 1 unspecified atom stereocenters. The first-order chi connectivity index (χ1) is 10.3. The lowest BCUT2D eigenvalue weighted by molar-refractivity contribution is 0.205. The molecule has 1 aliphatic rings. The van der Waals surface area contributed by atoms with Gasteiger partial charge in [-0.3, -0.25) is 0 Å². The Morgan fingerprint density at radius 3 is 3.14 bits per heavy atom. The predicted octanol–water partition coefficient (Wildman–Crippen LogP) is 2.87. The molecule has 1 aliphatic heterocycles. The molecular weight excluding hydrogens is 264 g/mol. The van der Waals surface area contributed by atoms with Crippen molar-refractivity contribution in [2.75, 3.05) is 33.8 Å². The highest BCUT2D eigenvalue weighted by atomic mass is 16.5. The maximum Gasteiger partial charge on any atom is 0.176 e. The van der Waals surface area contributed by atoms with Crippen LogP contribution in [0.15, 0.2) is 28.7 Å². The summed E-state index contributed by atoms with van der Waals surface area (Å²) < 4.78 is 11.2. The van der Waals surface area contributed by atoms with Crippen LogP contribution >= 0.6 is 0 Å². The molecule has 4 heteroatoms. The Kier molecular flexibility index (Phi) is 4.46. The summed E-state index contributed by atoms with van der Waals surface area (Å²) in [4.78, 5) is 2.42. The van der Waals surface area contributed by atoms with Crippen LogP contribution in [0.25, 0.3) is 11.0 Å². The Morgan fingerprint density at radius 1 is 1.43 bits per heavy atom. The molecule has 1 atom stereocenters. The number of methoxy groups -OCH3 is 1. The second-order valence-corrected chi connectivity index (χ2v) is 5.99. The van der Waals surface area contributed by atoms with Crippen LogP contribution in [-0.4, -0.2) is 38.7 Å². The van der Waals surface area contributed by atoms with Crippen LogP contribution in [0.3, 0.4) is 0 Å². The summed E-state index contributed by atoms with van der Waals surface area (Å²) in [6.45, 7) is 4.26. The second-order valence-electron chi connectivity index (χ2n) is 5.99. The Hall–Kier alpha value is -1.52. The van der Waals surface area contributed by atoms with E-state index in [9.17, 15) is 0 Å². The molecule has 2 aromatic rings. The molecule has 1 N–H and O–H groups in total. The number of ether oxygens (including phenoxy) is 1. The fourth-order valence-corrected chi connectivity index (χ4v) is 3.18. The van der Waals surface area contributed by atoms with Crippen molar-refractivity contribution in [3.05, 3.63) is 30.0 Å². The van der Waals surface area contributed by atoms with Crippen molar-refractivity contribution in [2.24, 2.45) is 5.92 Å². The van der Waals surface area contributed by atoms with Gasteiger partial charge in [-0.25, -0.2) is 0 Å². The van der Waals surface area contributed by atoms with Gasteiger partial charge >= 0.3 is 0 Å². The standard InChI is InChI=1S/C17H24N2O2/c1-19-8-4-5-13(12-19)10-18-11-15-9-14-6-3-7-16(20-2)17(14)21-15/h3,6-7,9,13,18H,4-5,8,10-12H2,1-2H3. The number of piperidine rings is 1. The van der Waals surface area contributed by atoms with E-state index in [1.54, 1.807) is 7.11 Å². The monoisotopic (exact) mass is 288 g/mol. The Morgan fingerprint density at radius 2 is 2.33 bits per heavy atom. The second kappa shape index (κ2) is 6.50. The fourth-order valence-electron chi connectivity index (χ4n) is 3.18.